The number of ether oxygens (including phenoxy) is 2. The molecule has 28 heavy (non-hydrogen) atoms. The largest absolute Gasteiger partial charge is 0.550 e. The maximum Gasteiger partial charge on any atom is 0.231 e. The maximum absolute atomic E-state index is 13.1. The Morgan fingerprint density at radius 1 is 1.07 bits per heavy atom. The molecule has 0 unspecified atom stereocenters. The molecule has 2 aliphatic heterocycles. The highest BCUT2D eigenvalue weighted by Gasteiger charge is 2.52. The number of carboxylic acid groups (broad SMARTS) is 1. The fourth-order valence-electron chi connectivity index (χ4n) is 5.76. The van der Waals surface area contributed by atoms with Gasteiger partial charge in [-0.25, -0.2) is 0 Å². The van der Waals surface area contributed by atoms with Gasteiger partial charge in [0.05, 0.1) is 26.2 Å². The summed E-state index contributed by atoms with van der Waals surface area (Å²) in [7, 11) is 0. The number of carbonyl (C=O) groups excluding carboxylic acids is 2. The average molecular weight is 386 g/mol. The molecule has 1 aromatic carbocycles. The van der Waals surface area contributed by atoms with Gasteiger partial charge >= 0.3 is 0 Å². The molecular formula is C21H26N2O5. The third kappa shape index (κ3) is 3.02. The highest BCUT2D eigenvalue weighted by molar-refractivity contribution is 5.85. The van der Waals surface area contributed by atoms with E-state index in [2.05, 4.69) is 6.07 Å². The Hall–Kier alpha value is -2.28. The highest BCUT2D eigenvalue weighted by atomic mass is 16.7. The Bertz CT molecular complexity index is 789. The molecule has 0 radical (unpaired) electrons. The number of hydrogen-bond donors (Lipinski definition) is 1. The van der Waals surface area contributed by atoms with Crippen molar-refractivity contribution in [2.45, 2.75) is 25.8 Å². The Kier molecular flexibility index (Phi) is 4.42. The lowest BCUT2D eigenvalue weighted by atomic mass is 9.78. The fourth-order valence-corrected chi connectivity index (χ4v) is 5.76. The van der Waals surface area contributed by atoms with Crippen molar-refractivity contribution in [1.29, 1.82) is 0 Å². The molecule has 0 aromatic heterocycles. The van der Waals surface area contributed by atoms with Crippen molar-refractivity contribution in [1.82, 2.24) is 4.90 Å². The van der Waals surface area contributed by atoms with Gasteiger partial charge in [0, 0.05) is 23.4 Å². The summed E-state index contributed by atoms with van der Waals surface area (Å²) in [5, 5.41) is 11.6. The number of nitrogens with one attached hydrogen (secondary N) is 1. The summed E-state index contributed by atoms with van der Waals surface area (Å²) in [5.41, 5.74) is 1.20. The lowest BCUT2D eigenvalue weighted by Gasteiger charge is -2.38. The van der Waals surface area contributed by atoms with Gasteiger partial charge < -0.3 is 29.2 Å². The Morgan fingerprint density at radius 3 is 2.54 bits per heavy atom. The molecule has 1 N–H and O–H groups in total. The molecule has 0 spiro atoms. The molecule has 7 nitrogen and oxygen atoms in total. The number of rotatable bonds is 4. The Labute approximate surface area is 164 Å². The smallest absolute Gasteiger partial charge is 0.231 e. The number of benzene rings is 1. The molecule has 2 heterocycles. The summed E-state index contributed by atoms with van der Waals surface area (Å²) >= 11 is 0. The number of fused-ring (bicyclic) bond motifs is 3. The van der Waals surface area contributed by atoms with Crippen molar-refractivity contribution in [2.24, 2.45) is 23.7 Å². The summed E-state index contributed by atoms with van der Waals surface area (Å²) in [5.74, 6) is 0.0460. The second kappa shape index (κ2) is 6.95. The number of piperazine rings is 1. The Morgan fingerprint density at radius 2 is 1.79 bits per heavy atom. The van der Waals surface area contributed by atoms with Gasteiger partial charge in [-0.1, -0.05) is 0 Å². The van der Waals surface area contributed by atoms with E-state index in [9.17, 15) is 14.7 Å². The summed E-state index contributed by atoms with van der Waals surface area (Å²) < 4.78 is 10.8. The number of nitrogens with zero attached hydrogens (tertiary/aromatic N) is 1. The van der Waals surface area contributed by atoms with E-state index in [-0.39, 0.29) is 30.5 Å². The van der Waals surface area contributed by atoms with Crippen LogP contribution >= 0.6 is 0 Å². The third-order valence-corrected chi connectivity index (χ3v) is 7.15. The number of quaternary nitrogens is 1. The Balaban J connectivity index is 1.19. The van der Waals surface area contributed by atoms with Gasteiger partial charge in [0.25, 0.3) is 0 Å². The minimum Gasteiger partial charge on any atom is -0.550 e. The van der Waals surface area contributed by atoms with E-state index in [0.29, 0.717) is 13.1 Å². The zero-order valence-electron chi connectivity index (χ0n) is 15.9. The van der Waals surface area contributed by atoms with Gasteiger partial charge in [0.1, 0.15) is 6.54 Å². The predicted molar refractivity (Wildman–Crippen MR) is 96.4 cm³/mol. The monoisotopic (exact) mass is 386 g/mol. The van der Waals surface area contributed by atoms with Crippen LogP contribution in [0, 0.1) is 23.7 Å². The first-order valence-corrected chi connectivity index (χ1v) is 10.3. The molecule has 1 amide bonds. The maximum atomic E-state index is 13.1. The van der Waals surface area contributed by atoms with Crippen molar-refractivity contribution in [3.8, 4) is 11.5 Å². The van der Waals surface area contributed by atoms with Crippen molar-refractivity contribution in [3.05, 3.63) is 23.8 Å². The van der Waals surface area contributed by atoms with Gasteiger partial charge in [0.15, 0.2) is 11.5 Å². The topological polar surface area (TPSA) is 83.3 Å². The number of amides is 1. The minimum atomic E-state index is -1.03. The molecule has 2 aliphatic carbocycles. The zero-order valence-corrected chi connectivity index (χ0v) is 15.9. The van der Waals surface area contributed by atoms with Crippen molar-refractivity contribution < 1.29 is 29.1 Å². The summed E-state index contributed by atoms with van der Waals surface area (Å²) in [4.78, 5) is 28.0. The van der Waals surface area contributed by atoms with Crippen LogP contribution in [-0.2, 0) is 16.1 Å². The van der Waals surface area contributed by atoms with Crippen molar-refractivity contribution in [2.75, 3.05) is 33.0 Å². The van der Waals surface area contributed by atoms with Crippen LogP contribution in [0.5, 0.6) is 11.5 Å². The van der Waals surface area contributed by atoms with E-state index in [1.165, 1.54) is 10.5 Å². The highest BCUT2D eigenvalue weighted by Crippen LogP contribution is 2.52. The molecule has 4 aliphatic rings. The van der Waals surface area contributed by atoms with Crippen LogP contribution in [0.3, 0.4) is 0 Å². The van der Waals surface area contributed by atoms with Crippen LogP contribution in [0.15, 0.2) is 18.2 Å². The number of carboxylic acids is 1. The zero-order chi connectivity index (χ0) is 19.3. The minimum absolute atomic E-state index is 0.0449. The quantitative estimate of drug-likeness (QED) is 0.722. The van der Waals surface area contributed by atoms with Gasteiger partial charge in [-0.3, -0.25) is 4.79 Å². The lowest BCUT2D eigenvalue weighted by Crippen LogP contribution is -3.13. The van der Waals surface area contributed by atoms with Gasteiger partial charge in [-0.2, -0.15) is 0 Å². The molecule has 150 valence electrons. The van der Waals surface area contributed by atoms with E-state index in [4.69, 9.17) is 9.47 Å². The van der Waals surface area contributed by atoms with Crippen molar-refractivity contribution >= 4 is 11.9 Å². The number of hydrogen-bond acceptors (Lipinski definition) is 5. The molecule has 1 aromatic rings. The molecule has 5 rings (SSSR count). The van der Waals surface area contributed by atoms with Gasteiger partial charge in [-0.15, -0.1) is 0 Å². The molecule has 7 heteroatoms. The van der Waals surface area contributed by atoms with Crippen LogP contribution in [0.4, 0.5) is 0 Å². The standard InChI is InChI=1S/C21H26N2O5/c24-20(18-14-2-3-15(10-14)19(18)21(25)26)23-7-5-22(6-8-23)11-13-1-4-16-17(9-13)28-12-27-16/h1,4,9,14-15,18-19H,2-3,5-8,10-12H2,(H,25,26)/t14-,15+,18-,19+/m1/s1. The first-order chi connectivity index (χ1) is 13.6. The van der Waals surface area contributed by atoms with Crippen LogP contribution in [0.2, 0.25) is 0 Å². The first-order valence-electron chi connectivity index (χ1n) is 10.3. The molecule has 1 saturated heterocycles. The second-order valence-corrected chi connectivity index (χ2v) is 8.64. The van der Waals surface area contributed by atoms with Crippen LogP contribution in [-0.4, -0.2) is 49.7 Å². The molecule has 3 fully saturated rings. The van der Waals surface area contributed by atoms with E-state index in [1.54, 1.807) is 0 Å². The van der Waals surface area contributed by atoms with Crippen LogP contribution in [0.25, 0.3) is 0 Å². The average Bonchev–Trinajstić information content (AvgIpc) is 3.43. The third-order valence-electron chi connectivity index (χ3n) is 7.15. The lowest BCUT2D eigenvalue weighted by molar-refractivity contribution is -0.917. The van der Waals surface area contributed by atoms with E-state index in [1.807, 2.05) is 17.0 Å². The summed E-state index contributed by atoms with van der Waals surface area (Å²) in [6.45, 7) is 4.28. The molecular weight excluding hydrogens is 360 g/mol. The summed E-state index contributed by atoms with van der Waals surface area (Å²) in [6.07, 6.45) is 2.80. The first kappa shape index (κ1) is 17.8. The van der Waals surface area contributed by atoms with Crippen molar-refractivity contribution in [3.63, 3.8) is 0 Å². The molecule has 2 bridgehead atoms. The summed E-state index contributed by atoms with van der Waals surface area (Å²) in [6, 6.07) is 6.05. The molecule has 4 atom stereocenters. The van der Waals surface area contributed by atoms with Crippen LogP contribution in [0.1, 0.15) is 24.8 Å². The van der Waals surface area contributed by atoms with Gasteiger partial charge in [0.2, 0.25) is 12.7 Å². The number of carbonyl (C=O) groups is 2. The normalized spacial score (nSPS) is 31.4. The second-order valence-electron chi connectivity index (χ2n) is 8.64. The van der Waals surface area contributed by atoms with Crippen LogP contribution < -0.4 is 19.5 Å². The predicted octanol–water partition coefficient (Wildman–Crippen LogP) is -0.945. The van der Waals surface area contributed by atoms with Gasteiger partial charge in [-0.05, 0) is 49.3 Å². The van der Waals surface area contributed by atoms with E-state index < -0.39 is 11.9 Å². The van der Waals surface area contributed by atoms with E-state index >= 15 is 0 Å². The number of aliphatic carboxylic acids is 1. The molecule has 2 saturated carbocycles. The van der Waals surface area contributed by atoms with E-state index in [0.717, 1.165) is 50.4 Å². The SMILES string of the molecule is O=C([O-])[C@H]1[C@H]2CC[C@H](C2)[C@H]1C(=O)N1CC[NH+](Cc2ccc3c(c2)OCO3)CC1. The fraction of sp³-hybridized carbons (Fsp3) is 0.619.